The lowest BCUT2D eigenvalue weighted by atomic mass is 10.1. The Hall–Kier alpha value is -2.94. The second kappa shape index (κ2) is 5.59. The molecule has 2 rings (SSSR count). The van der Waals surface area contributed by atoms with E-state index in [1.807, 2.05) is 0 Å². The van der Waals surface area contributed by atoms with Crippen molar-refractivity contribution < 1.29 is 13.6 Å². The van der Waals surface area contributed by atoms with Crippen molar-refractivity contribution in [2.24, 2.45) is 0 Å². The molecule has 0 saturated heterocycles. The van der Waals surface area contributed by atoms with Crippen molar-refractivity contribution in [2.45, 2.75) is 6.92 Å². The molecule has 0 spiro atoms. The number of halogens is 2. The van der Waals surface area contributed by atoms with E-state index in [1.54, 1.807) is 6.07 Å². The molecule has 0 aliphatic rings. The van der Waals surface area contributed by atoms with Gasteiger partial charge in [0.2, 0.25) is 0 Å². The van der Waals surface area contributed by atoms with Gasteiger partial charge in [-0.05, 0) is 37.3 Å². The zero-order chi connectivity index (χ0) is 15.6. The van der Waals surface area contributed by atoms with E-state index < -0.39 is 17.5 Å². The molecule has 106 valence electrons. The molecule has 0 atom stereocenters. The van der Waals surface area contributed by atoms with Gasteiger partial charge in [0.25, 0.3) is 5.91 Å². The molecule has 0 aromatic heterocycles. The van der Waals surface area contributed by atoms with Crippen LogP contribution in [0.3, 0.4) is 0 Å². The second-order valence-corrected chi connectivity index (χ2v) is 4.43. The molecule has 21 heavy (non-hydrogen) atoms. The highest BCUT2D eigenvalue weighted by molar-refractivity contribution is 6.05. The Labute approximate surface area is 119 Å². The number of nitrogens with two attached hydrogens (primary N) is 1. The van der Waals surface area contributed by atoms with Crippen LogP contribution in [0, 0.1) is 29.9 Å². The number of carbonyl (C=O) groups excluding carboxylic acids is 1. The SMILES string of the molecule is Cc1c(N)cc(C(=O)Nc2ccc(F)c(C#N)c2)cc1F. The standard InChI is InChI=1S/C15H11F2N3O/c1-8-13(17)5-9(6-14(8)19)15(21)20-11-2-3-12(16)10(4-11)7-18/h2-6H,19H2,1H3,(H,20,21). The number of hydrogen-bond acceptors (Lipinski definition) is 3. The topological polar surface area (TPSA) is 78.9 Å². The molecule has 2 aromatic carbocycles. The minimum absolute atomic E-state index is 0.0402. The van der Waals surface area contributed by atoms with Crippen molar-refractivity contribution in [3.05, 3.63) is 58.7 Å². The first-order valence-electron chi connectivity index (χ1n) is 5.99. The third kappa shape index (κ3) is 2.98. The molecule has 0 aliphatic carbocycles. The molecule has 4 nitrogen and oxygen atoms in total. The van der Waals surface area contributed by atoms with Crippen molar-refractivity contribution in [3.63, 3.8) is 0 Å². The molecular weight excluding hydrogens is 276 g/mol. The summed E-state index contributed by atoms with van der Waals surface area (Å²) in [6.07, 6.45) is 0. The summed E-state index contributed by atoms with van der Waals surface area (Å²) in [5.41, 5.74) is 6.12. The Morgan fingerprint density at radius 3 is 2.57 bits per heavy atom. The van der Waals surface area contributed by atoms with Gasteiger partial charge in [-0.15, -0.1) is 0 Å². The highest BCUT2D eigenvalue weighted by atomic mass is 19.1. The zero-order valence-corrected chi connectivity index (χ0v) is 11.1. The first kappa shape index (κ1) is 14.5. The van der Waals surface area contributed by atoms with Gasteiger partial charge in [0, 0.05) is 22.5 Å². The number of benzene rings is 2. The summed E-state index contributed by atoms with van der Waals surface area (Å²) >= 11 is 0. The maximum Gasteiger partial charge on any atom is 0.255 e. The summed E-state index contributed by atoms with van der Waals surface area (Å²) in [7, 11) is 0. The number of nitrogen functional groups attached to an aromatic ring is 1. The molecule has 6 heteroatoms. The average molecular weight is 287 g/mol. The van der Waals surface area contributed by atoms with Crippen LogP contribution in [0.5, 0.6) is 0 Å². The first-order valence-corrected chi connectivity index (χ1v) is 5.99. The molecule has 0 bridgehead atoms. The summed E-state index contributed by atoms with van der Waals surface area (Å²) < 4.78 is 26.7. The predicted molar refractivity (Wildman–Crippen MR) is 74.6 cm³/mol. The lowest BCUT2D eigenvalue weighted by Gasteiger charge is -2.08. The van der Waals surface area contributed by atoms with Gasteiger partial charge in [0.15, 0.2) is 0 Å². The lowest BCUT2D eigenvalue weighted by molar-refractivity contribution is 0.102. The van der Waals surface area contributed by atoms with E-state index in [2.05, 4.69) is 5.32 Å². The number of nitrogens with one attached hydrogen (secondary N) is 1. The van der Waals surface area contributed by atoms with E-state index in [0.29, 0.717) is 0 Å². The van der Waals surface area contributed by atoms with Crippen molar-refractivity contribution in [3.8, 4) is 6.07 Å². The van der Waals surface area contributed by atoms with Crippen molar-refractivity contribution in [1.29, 1.82) is 5.26 Å². The molecule has 0 heterocycles. The second-order valence-electron chi connectivity index (χ2n) is 4.43. The Morgan fingerprint density at radius 1 is 1.24 bits per heavy atom. The van der Waals surface area contributed by atoms with Crippen LogP contribution in [0.2, 0.25) is 0 Å². The molecule has 0 radical (unpaired) electrons. The van der Waals surface area contributed by atoms with Gasteiger partial charge in [0.1, 0.15) is 17.7 Å². The van der Waals surface area contributed by atoms with E-state index in [0.717, 1.165) is 12.1 Å². The number of anilines is 2. The predicted octanol–water partition coefficient (Wildman–Crippen LogP) is 2.98. The number of nitrogens with zero attached hydrogens (tertiary/aromatic N) is 1. The Balaban J connectivity index is 2.28. The molecule has 2 aromatic rings. The molecule has 0 unspecified atom stereocenters. The maximum atomic E-state index is 13.6. The molecule has 1 amide bonds. The van der Waals surface area contributed by atoms with Crippen molar-refractivity contribution in [2.75, 3.05) is 11.1 Å². The average Bonchev–Trinajstić information content (AvgIpc) is 2.46. The molecule has 0 saturated carbocycles. The Bertz CT molecular complexity index is 743. The van der Waals surface area contributed by atoms with Crippen LogP contribution in [-0.2, 0) is 0 Å². The maximum absolute atomic E-state index is 13.6. The van der Waals surface area contributed by atoms with Crippen LogP contribution in [0.15, 0.2) is 30.3 Å². The minimum Gasteiger partial charge on any atom is -0.398 e. The van der Waals surface area contributed by atoms with Gasteiger partial charge in [0.05, 0.1) is 5.56 Å². The fourth-order valence-corrected chi connectivity index (χ4v) is 1.72. The van der Waals surface area contributed by atoms with Crippen LogP contribution in [-0.4, -0.2) is 5.91 Å². The van der Waals surface area contributed by atoms with Crippen LogP contribution in [0.1, 0.15) is 21.5 Å². The third-order valence-electron chi connectivity index (χ3n) is 2.99. The normalized spacial score (nSPS) is 10.0. The fourth-order valence-electron chi connectivity index (χ4n) is 1.72. The van der Waals surface area contributed by atoms with Gasteiger partial charge < -0.3 is 11.1 Å². The summed E-state index contributed by atoms with van der Waals surface area (Å²) in [6.45, 7) is 1.51. The molecule has 3 N–H and O–H groups in total. The van der Waals surface area contributed by atoms with E-state index in [-0.39, 0.29) is 28.1 Å². The fraction of sp³-hybridized carbons (Fsp3) is 0.0667. The van der Waals surface area contributed by atoms with Crippen molar-refractivity contribution >= 4 is 17.3 Å². The number of hydrogen-bond donors (Lipinski definition) is 2. The number of nitriles is 1. The van der Waals surface area contributed by atoms with Gasteiger partial charge in [-0.2, -0.15) is 5.26 Å². The number of carbonyl (C=O) groups is 1. The Kier molecular flexibility index (Phi) is 3.85. The Morgan fingerprint density at radius 2 is 1.95 bits per heavy atom. The van der Waals surface area contributed by atoms with E-state index in [4.69, 9.17) is 11.0 Å². The van der Waals surface area contributed by atoms with Gasteiger partial charge in [-0.25, -0.2) is 8.78 Å². The highest BCUT2D eigenvalue weighted by Crippen LogP contribution is 2.19. The number of rotatable bonds is 2. The van der Waals surface area contributed by atoms with Gasteiger partial charge in [-0.1, -0.05) is 0 Å². The quantitative estimate of drug-likeness (QED) is 0.833. The summed E-state index contributed by atoms with van der Waals surface area (Å²) in [6, 6.07) is 7.65. The van der Waals surface area contributed by atoms with Crippen LogP contribution < -0.4 is 11.1 Å². The molecule has 0 fully saturated rings. The lowest BCUT2D eigenvalue weighted by Crippen LogP contribution is -2.13. The smallest absolute Gasteiger partial charge is 0.255 e. The van der Waals surface area contributed by atoms with E-state index in [1.165, 1.54) is 25.1 Å². The third-order valence-corrected chi connectivity index (χ3v) is 2.99. The summed E-state index contributed by atoms with van der Waals surface area (Å²) in [5, 5.41) is 11.2. The van der Waals surface area contributed by atoms with Gasteiger partial charge in [-0.3, -0.25) is 4.79 Å². The molecule has 0 aliphatic heterocycles. The summed E-state index contributed by atoms with van der Waals surface area (Å²) in [5.74, 6) is -1.87. The minimum atomic E-state index is -0.680. The van der Waals surface area contributed by atoms with Gasteiger partial charge >= 0.3 is 0 Å². The number of amides is 1. The largest absolute Gasteiger partial charge is 0.398 e. The van der Waals surface area contributed by atoms with E-state index in [9.17, 15) is 13.6 Å². The monoisotopic (exact) mass is 287 g/mol. The summed E-state index contributed by atoms with van der Waals surface area (Å²) in [4.78, 5) is 12.0. The zero-order valence-electron chi connectivity index (χ0n) is 11.1. The highest BCUT2D eigenvalue weighted by Gasteiger charge is 2.12. The van der Waals surface area contributed by atoms with E-state index >= 15 is 0 Å². The van der Waals surface area contributed by atoms with Crippen LogP contribution in [0.25, 0.3) is 0 Å². The van der Waals surface area contributed by atoms with Crippen LogP contribution in [0.4, 0.5) is 20.2 Å². The molecular formula is C15H11F2N3O. The first-order chi connectivity index (χ1) is 9.92. The van der Waals surface area contributed by atoms with Crippen molar-refractivity contribution in [1.82, 2.24) is 0 Å². The van der Waals surface area contributed by atoms with Crippen LogP contribution >= 0.6 is 0 Å².